The molecule has 1 saturated heterocycles. The molecule has 1 amide bonds. The van der Waals surface area contributed by atoms with E-state index in [1.807, 2.05) is 12.1 Å². The minimum absolute atomic E-state index is 0.0276. The first-order valence-electron chi connectivity index (χ1n) is 9.98. The van der Waals surface area contributed by atoms with Crippen molar-refractivity contribution in [3.8, 4) is 0 Å². The summed E-state index contributed by atoms with van der Waals surface area (Å²) in [5.41, 5.74) is 3.18. The number of quaternary nitrogens is 1. The molecule has 0 unspecified atom stereocenters. The van der Waals surface area contributed by atoms with Crippen LogP contribution in [0.5, 0.6) is 0 Å². The van der Waals surface area contributed by atoms with Gasteiger partial charge in [-0.1, -0.05) is 29.8 Å². The van der Waals surface area contributed by atoms with Gasteiger partial charge in [-0.3, -0.25) is 4.79 Å². The molecular formula is C22H28N3O3+. The van der Waals surface area contributed by atoms with Crippen LogP contribution in [-0.4, -0.2) is 48.5 Å². The standard InChI is InChI=1S/C22H27N3O3/c1-15-6-8-18(9-7-15)19-11-20(21-5-4-10-27-21)25(23-19)22(26)14-24-12-16(2)28-17(3)13-24/h4-10,16-17,20H,11-14H2,1-3H3/p+1/t16-,17-,20+/m1/s1. The molecular weight excluding hydrogens is 354 g/mol. The van der Waals surface area contributed by atoms with Crippen molar-refractivity contribution in [1.82, 2.24) is 5.01 Å². The molecule has 0 bridgehead atoms. The number of rotatable bonds is 4. The van der Waals surface area contributed by atoms with Crippen molar-refractivity contribution in [2.45, 2.75) is 45.4 Å². The summed E-state index contributed by atoms with van der Waals surface area (Å²) in [4.78, 5) is 14.4. The van der Waals surface area contributed by atoms with E-state index in [0.717, 1.165) is 30.1 Å². The number of carbonyl (C=O) groups is 1. The quantitative estimate of drug-likeness (QED) is 0.879. The van der Waals surface area contributed by atoms with Crippen LogP contribution in [0, 0.1) is 6.92 Å². The average molecular weight is 382 g/mol. The van der Waals surface area contributed by atoms with E-state index in [1.165, 1.54) is 10.5 Å². The number of nitrogens with zero attached hydrogens (tertiary/aromatic N) is 2. The summed E-state index contributed by atoms with van der Waals surface area (Å²) in [6, 6.07) is 11.9. The fraction of sp³-hybridized carbons (Fsp3) is 0.455. The molecule has 0 saturated carbocycles. The zero-order valence-corrected chi connectivity index (χ0v) is 16.7. The summed E-state index contributed by atoms with van der Waals surface area (Å²) in [5.74, 6) is 0.803. The molecule has 1 fully saturated rings. The summed E-state index contributed by atoms with van der Waals surface area (Å²) in [6.07, 6.45) is 2.64. The molecule has 0 aliphatic carbocycles. The Morgan fingerprint density at radius 2 is 1.89 bits per heavy atom. The van der Waals surface area contributed by atoms with Crippen LogP contribution < -0.4 is 4.90 Å². The number of hydrogen-bond donors (Lipinski definition) is 1. The first-order valence-corrected chi connectivity index (χ1v) is 9.98. The second kappa shape index (κ2) is 7.89. The number of benzene rings is 1. The molecule has 2 aliphatic heterocycles. The van der Waals surface area contributed by atoms with E-state index in [0.29, 0.717) is 13.0 Å². The molecule has 3 atom stereocenters. The van der Waals surface area contributed by atoms with Crippen molar-refractivity contribution in [3.05, 3.63) is 59.5 Å². The zero-order valence-electron chi connectivity index (χ0n) is 16.7. The zero-order chi connectivity index (χ0) is 19.7. The van der Waals surface area contributed by atoms with E-state index in [9.17, 15) is 4.79 Å². The number of morpholine rings is 1. The van der Waals surface area contributed by atoms with Crippen LogP contribution in [0.4, 0.5) is 0 Å². The Bertz CT molecular complexity index is 834. The lowest BCUT2D eigenvalue weighted by Gasteiger charge is -2.32. The lowest BCUT2D eigenvalue weighted by Crippen LogP contribution is -3.16. The molecule has 2 aromatic rings. The molecule has 3 heterocycles. The van der Waals surface area contributed by atoms with Gasteiger partial charge in [0.2, 0.25) is 0 Å². The predicted molar refractivity (Wildman–Crippen MR) is 106 cm³/mol. The summed E-state index contributed by atoms with van der Waals surface area (Å²) < 4.78 is 11.4. The molecule has 1 N–H and O–H groups in total. The Morgan fingerprint density at radius 3 is 2.54 bits per heavy atom. The van der Waals surface area contributed by atoms with E-state index < -0.39 is 0 Å². The van der Waals surface area contributed by atoms with Gasteiger partial charge in [0, 0.05) is 6.42 Å². The highest BCUT2D eigenvalue weighted by Gasteiger charge is 2.37. The van der Waals surface area contributed by atoms with E-state index >= 15 is 0 Å². The Hall–Kier alpha value is -2.44. The third-order valence-electron chi connectivity index (χ3n) is 5.44. The van der Waals surface area contributed by atoms with Crippen molar-refractivity contribution in [2.75, 3.05) is 19.6 Å². The van der Waals surface area contributed by atoms with Crippen molar-refractivity contribution in [2.24, 2.45) is 5.10 Å². The van der Waals surface area contributed by atoms with Crippen LogP contribution in [0.1, 0.15) is 43.2 Å². The largest absolute Gasteiger partial charge is 0.467 e. The van der Waals surface area contributed by atoms with Gasteiger partial charge in [0.25, 0.3) is 5.91 Å². The molecule has 6 heteroatoms. The predicted octanol–water partition coefficient (Wildman–Crippen LogP) is 1.96. The first kappa shape index (κ1) is 18.9. The fourth-order valence-corrected chi connectivity index (χ4v) is 4.19. The van der Waals surface area contributed by atoms with Gasteiger partial charge in [0.1, 0.15) is 37.1 Å². The van der Waals surface area contributed by atoms with Crippen LogP contribution in [0.2, 0.25) is 0 Å². The molecule has 4 rings (SSSR count). The Balaban J connectivity index is 1.55. The van der Waals surface area contributed by atoms with Crippen LogP contribution in [0.15, 0.2) is 52.2 Å². The third-order valence-corrected chi connectivity index (χ3v) is 5.44. The van der Waals surface area contributed by atoms with Gasteiger partial charge in [-0.05, 0) is 38.5 Å². The molecule has 148 valence electrons. The van der Waals surface area contributed by atoms with E-state index in [1.54, 1.807) is 11.3 Å². The van der Waals surface area contributed by atoms with Crippen LogP contribution >= 0.6 is 0 Å². The van der Waals surface area contributed by atoms with Gasteiger partial charge >= 0.3 is 0 Å². The highest BCUT2D eigenvalue weighted by Crippen LogP contribution is 2.32. The fourth-order valence-electron chi connectivity index (χ4n) is 4.19. The normalized spacial score (nSPS) is 27.7. The Labute approximate surface area is 165 Å². The van der Waals surface area contributed by atoms with Gasteiger partial charge in [0.15, 0.2) is 6.54 Å². The number of nitrogens with one attached hydrogen (secondary N) is 1. The molecule has 0 spiro atoms. The van der Waals surface area contributed by atoms with Crippen LogP contribution in [-0.2, 0) is 9.53 Å². The summed E-state index contributed by atoms with van der Waals surface area (Å²) in [5, 5.41) is 6.36. The van der Waals surface area contributed by atoms with Gasteiger partial charge in [-0.25, -0.2) is 5.01 Å². The third kappa shape index (κ3) is 4.03. The number of carbonyl (C=O) groups excluding carboxylic acids is 1. The topological polar surface area (TPSA) is 59.5 Å². The van der Waals surface area contributed by atoms with Crippen molar-refractivity contribution in [3.63, 3.8) is 0 Å². The summed E-state index contributed by atoms with van der Waals surface area (Å²) >= 11 is 0. The van der Waals surface area contributed by atoms with Gasteiger partial charge in [0.05, 0.1) is 12.0 Å². The number of furan rings is 1. The van der Waals surface area contributed by atoms with Crippen LogP contribution in [0.25, 0.3) is 0 Å². The average Bonchev–Trinajstić information content (AvgIpc) is 3.31. The van der Waals surface area contributed by atoms with Gasteiger partial charge < -0.3 is 14.1 Å². The second-order valence-corrected chi connectivity index (χ2v) is 7.98. The summed E-state index contributed by atoms with van der Waals surface area (Å²) in [7, 11) is 0. The van der Waals surface area contributed by atoms with E-state index in [4.69, 9.17) is 14.3 Å². The van der Waals surface area contributed by atoms with Gasteiger partial charge in [-0.15, -0.1) is 0 Å². The Kier molecular flexibility index (Phi) is 5.33. The maximum absolute atomic E-state index is 13.2. The molecule has 2 aliphatic rings. The smallest absolute Gasteiger partial charge is 0.298 e. The van der Waals surface area contributed by atoms with Crippen LogP contribution in [0.3, 0.4) is 0 Å². The van der Waals surface area contributed by atoms with E-state index in [-0.39, 0.29) is 24.2 Å². The minimum atomic E-state index is -0.186. The highest BCUT2D eigenvalue weighted by atomic mass is 16.5. The number of aryl methyl sites for hydroxylation is 1. The molecule has 28 heavy (non-hydrogen) atoms. The molecule has 1 aromatic heterocycles. The maximum atomic E-state index is 13.2. The van der Waals surface area contributed by atoms with Gasteiger partial charge in [-0.2, -0.15) is 5.10 Å². The number of ether oxygens (including phenoxy) is 1. The minimum Gasteiger partial charge on any atom is -0.467 e. The van der Waals surface area contributed by atoms with Crippen molar-refractivity contribution in [1.29, 1.82) is 0 Å². The monoisotopic (exact) mass is 382 g/mol. The second-order valence-electron chi connectivity index (χ2n) is 7.98. The summed E-state index contributed by atoms with van der Waals surface area (Å²) in [6.45, 7) is 8.28. The highest BCUT2D eigenvalue weighted by molar-refractivity contribution is 6.03. The first-order chi connectivity index (χ1) is 13.5. The number of hydrogen-bond acceptors (Lipinski definition) is 4. The number of hydrazone groups is 1. The van der Waals surface area contributed by atoms with Crippen molar-refractivity contribution < 1.29 is 18.8 Å². The van der Waals surface area contributed by atoms with Crippen molar-refractivity contribution >= 4 is 11.6 Å². The molecule has 0 radical (unpaired) electrons. The molecule has 1 aromatic carbocycles. The Morgan fingerprint density at radius 1 is 1.18 bits per heavy atom. The number of amides is 1. The lowest BCUT2D eigenvalue weighted by molar-refractivity contribution is -0.907. The molecule has 6 nitrogen and oxygen atoms in total. The lowest BCUT2D eigenvalue weighted by atomic mass is 10.0. The van der Waals surface area contributed by atoms with E-state index in [2.05, 4.69) is 45.0 Å². The maximum Gasteiger partial charge on any atom is 0.298 e. The SMILES string of the molecule is Cc1ccc(C2=NN(C(=O)C[NH+]3C[C@@H](C)O[C@H](C)C3)[C@H](c3ccco3)C2)cc1.